The molecule has 1 fully saturated rings. The zero-order valence-corrected chi connectivity index (χ0v) is 14.7. The second-order valence-corrected chi connectivity index (χ2v) is 7.74. The van der Waals surface area contributed by atoms with Gasteiger partial charge in [0, 0.05) is 22.9 Å². The highest BCUT2D eigenvalue weighted by Crippen LogP contribution is 2.17. The highest BCUT2D eigenvalue weighted by Gasteiger charge is 2.18. The average molecular weight is 351 g/mol. The number of hydrogen-bond donors (Lipinski definition) is 1. The number of carbonyl (C=O) groups excluding carboxylic acids is 1. The fraction of sp³-hybridized carbons (Fsp3) is 0.471. The van der Waals surface area contributed by atoms with Gasteiger partial charge < -0.3 is 15.0 Å². The van der Waals surface area contributed by atoms with Gasteiger partial charge in [0.05, 0.1) is 25.7 Å². The number of nitrogens with one attached hydrogen (secondary N) is 1. The Morgan fingerprint density at radius 1 is 1.22 bits per heavy atom. The number of rotatable bonds is 8. The number of ether oxygens (including phenoxy) is 1. The first-order valence-electron chi connectivity index (χ1n) is 7.96. The van der Waals surface area contributed by atoms with Gasteiger partial charge in [0.25, 0.3) is 0 Å². The first-order valence-corrected chi connectivity index (χ1v) is 9.72. The van der Waals surface area contributed by atoms with Crippen LogP contribution < -0.4 is 5.32 Å². The molecule has 2 aromatic rings. The molecule has 2 aromatic heterocycles. The van der Waals surface area contributed by atoms with Gasteiger partial charge in [-0.25, -0.2) is 0 Å². The molecule has 1 aliphatic heterocycles. The zero-order valence-electron chi connectivity index (χ0n) is 13.1. The van der Waals surface area contributed by atoms with Crippen LogP contribution in [0.2, 0.25) is 0 Å². The van der Waals surface area contributed by atoms with Crippen LogP contribution in [0.4, 0.5) is 0 Å². The van der Waals surface area contributed by atoms with Crippen molar-refractivity contribution in [3.05, 3.63) is 44.8 Å². The fourth-order valence-corrected chi connectivity index (χ4v) is 4.11. The molecule has 1 atom stereocenters. The van der Waals surface area contributed by atoms with E-state index in [-0.39, 0.29) is 12.0 Å². The molecule has 4 nitrogen and oxygen atoms in total. The third kappa shape index (κ3) is 5.14. The van der Waals surface area contributed by atoms with Crippen LogP contribution in [0.5, 0.6) is 0 Å². The van der Waals surface area contributed by atoms with Crippen molar-refractivity contribution in [1.29, 1.82) is 0 Å². The molecule has 23 heavy (non-hydrogen) atoms. The van der Waals surface area contributed by atoms with Crippen molar-refractivity contribution >= 4 is 28.6 Å². The first kappa shape index (κ1) is 16.6. The maximum atomic E-state index is 12.6. The summed E-state index contributed by atoms with van der Waals surface area (Å²) in [4.78, 5) is 17.0. The van der Waals surface area contributed by atoms with Gasteiger partial charge >= 0.3 is 0 Å². The number of carbonyl (C=O) groups is 1. The van der Waals surface area contributed by atoms with E-state index in [0.717, 1.165) is 26.0 Å². The molecule has 0 aromatic carbocycles. The fourth-order valence-electron chi connectivity index (χ4n) is 2.67. The topological polar surface area (TPSA) is 41.6 Å². The maximum Gasteiger partial charge on any atom is 0.237 e. The van der Waals surface area contributed by atoms with Crippen LogP contribution in [0.15, 0.2) is 35.0 Å². The molecule has 0 saturated carbocycles. The molecule has 0 bridgehead atoms. The Bertz CT molecular complexity index is 542. The summed E-state index contributed by atoms with van der Waals surface area (Å²) in [5.41, 5.74) is 0. The summed E-state index contributed by atoms with van der Waals surface area (Å²) < 4.78 is 5.58. The van der Waals surface area contributed by atoms with Crippen molar-refractivity contribution in [1.82, 2.24) is 10.2 Å². The second-order valence-electron chi connectivity index (χ2n) is 5.67. The predicted molar refractivity (Wildman–Crippen MR) is 94.7 cm³/mol. The molecule has 1 aliphatic rings. The van der Waals surface area contributed by atoms with Crippen molar-refractivity contribution in [2.24, 2.45) is 0 Å². The Balaban J connectivity index is 1.53. The Morgan fingerprint density at radius 3 is 2.43 bits per heavy atom. The number of amides is 1. The largest absolute Gasteiger partial charge is 0.377 e. The third-order valence-corrected chi connectivity index (χ3v) is 5.60. The van der Waals surface area contributed by atoms with Crippen LogP contribution in [0.25, 0.3) is 0 Å². The molecular weight excluding hydrogens is 328 g/mol. The Morgan fingerprint density at radius 2 is 1.91 bits per heavy atom. The van der Waals surface area contributed by atoms with Crippen molar-refractivity contribution < 1.29 is 9.53 Å². The van der Waals surface area contributed by atoms with Gasteiger partial charge in [0.15, 0.2) is 0 Å². The average Bonchev–Trinajstić information content (AvgIpc) is 3.30. The van der Waals surface area contributed by atoms with Gasteiger partial charge in [0.1, 0.15) is 0 Å². The predicted octanol–water partition coefficient (Wildman–Crippen LogP) is 3.11. The third-order valence-electron chi connectivity index (χ3n) is 3.88. The summed E-state index contributed by atoms with van der Waals surface area (Å²) in [6.45, 7) is 3.34. The van der Waals surface area contributed by atoms with Crippen LogP contribution >= 0.6 is 22.7 Å². The van der Waals surface area contributed by atoms with Crippen LogP contribution in [-0.2, 0) is 22.6 Å². The van der Waals surface area contributed by atoms with E-state index >= 15 is 0 Å². The summed E-state index contributed by atoms with van der Waals surface area (Å²) in [6.07, 6.45) is 2.49. The summed E-state index contributed by atoms with van der Waals surface area (Å²) in [6, 6.07) is 8.23. The molecule has 1 unspecified atom stereocenters. The monoisotopic (exact) mass is 350 g/mol. The lowest BCUT2D eigenvalue weighted by Crippen LogP contribution is -2.39. The molecular formula is C17H22N2O2S2. The van der Waals surface area contributed by atoms with E-state index in [0.29, 0.717) is 19.6 Å². The minimum absolute atomic E-state index is 0.143. The van der Waals surface area contributed by atoms with Crippen molar-refractivity contribution in [2.75, 3.05) is 19.7 Å². The van der Waals surface area contributed by atoms with Crippen molar-refractivity contribution in [2.45, 2.75) is 32.0 Å². The van der Waals surface area contributed by atoms with Gasteiger partial charge in [-0.15, -0.1) is 22.7 Å². The molecule has 0 radical (unpaired) electrons. The molecule has 0 spiro atoms. The van der Waals surface area contributed by atoms with Crippen LogP contribution in [0.3, 0.4) is 0 Å². The molecule has 1 saturated heterocycles. The highest BCUT2D eigenvalue weighted by atomic mass is 32.1. The van der Waals surface area contributed by atoms with E-state index in [2.05, 4.69) is 28.2 Å². The molecule has 0 aliphatic carbocycles. The van der Waals surface area contributed by atoms with Crippen LogP contribution in [-0.4, -0.2) is 36.6 Å². The van der Waals surface area contributed by atoms with Gasteiger partial charge in [-0.3, -0.25) is 4.79 Å². The summed E-state index contributed by atoms with van der Waals surface area (Å²) in [7, 11) is 0. The molecule has 1 amide bonds. The molecule has 6 heteroatoms. The van der Waals surface area contributed by atoms with E-state index in [1.165, 1.54) is 9.75 Å². The van der Waals surface area contributed by atoms with Gasteiger partial charge in [-0.2, -0.15) is 0 Å². The van der Waals surface area contributed by atoms with E-state index in [9.17, 15) is 4.79 Å². The second kappa shape index (κ2) is 8.59. The molecule has 1 N–H and O–H groups in total. The number of thiophene rings is 2. The Kier molecular flexibility index (Phi) is 6.21. The van der Waals surface area contributed by atoms with E-state index in [1.54, 1.807) is 22.7 Å². The SMILES string of the molecule is O=C(CNCC1CCCO1)N(Cc1cccs1)Cc1cccs1. The Hall–Kier alpha value is -1.21. The molecule has 124 valence electrons. The smallest absolute Gasteiger partial charge is 0.237 e. The lowest BCUT2D eigenvalue weighted by atomic mass is 10.2. The lowest BCUT2D eigenvalue weighted by Gasteiger charge is -2.22. The van der Waals surface area contributed by atoms with Gasteiger partial charge in [-0.1, -0.05) is 12.1 Å². The van der Waals surface area contributed by atoms with Gasteiger partial charge in [0.2, 0.25) is 5.91 Å². The summed E-state index contributed by atoms with van der Waals surface area (Å²) in [5.74, 6) is 0.143. The van der Waals surface area contributed by atoms with Gasteiger partial charge in [-0.05, 0) is 35.7 Å². The Labute approximate surface area is 145 Å². The van der Waals surface area contributed by atoms with Crippen LogP contribution in [0.1, 0.15) is 22.6 Å². The summed E-state index contributed by atoms with van der Waals surface area (Å²) in [5, 5.41) is 7.37. The first-order chi connectivity index (χ1) is 11.3. The number of hydrogen-bond acceptors (Lipinski definition) is 5. The normalized spacial score (nSPS) is 17.5. The quantitative estimate of drug-likeness (QED) is 0.795. The standard InChI is InChI=1S/C17H22N2O2S2/c20-17(11-18-10-14-4-1-7-21-14)19(12-15-5-2-8-22-15)13-16-6-3-9-23-16/h2-3,5-6,8-9,14,18H,1,4,7,10-13H2. The van der Waals surface area contributed by atoms with E-state index in [4.69, 9.17) is 4.74 Å². The van der Waals surface area contributed by atoms with Crippen molar-refractivity contribution in [3.63, 3.8) is 0 Å². The number of nitrogens with zero attached hydrogens (tertiary/aromatic N) is 1. The maximum absolute atomic E-state index is 12.6. The van der Waals surface area contributed by atoms with E-state index in [1.807, 2.05) is 17.0 Å². The molecule has 3 rings (SSSR count). The van der Waals surface area contributed by atoms with Crippen LogP contribution in [0, 0.1) is 0 Å². The minimum Gasteiger partial charge on any atom is -0.377 e. The van der Waals surface area contributed by atoms with E-state index < -0.39 is 0 Å². The molecule has 3 heterocycles. The zero-order chi connectivity index (χ0) is 15.9. The highest BCUT2D eigenvalue weighted by molar-refractivity contribution is 7.10. The van der Waals surface area contributed by atoms with Crippen molar-refractivity contribution in [3.8, 4) is 0 Å². The lowest BCUT2D eigenvalue weighted by molar-refractivity contribution is -0.131. The minimum atomic E-state index is 0.143. The summed E-state index contributed by atoms with van der Waals surface area (Å²) >= 11 is 3.39.